The van der Waals surface area contributed by atoms with Crippen LogP contribution in [0.2, 0.25) is 10.0 Å². The summed E-state index contributed by atoms with van der Waals surface area (Å²) in [7, 11) is 0. The molecule has 0 aliphatic carbocycles. The largest absolute Gasteiger partial charge is 0.273 e. The molecule has 0 heterocycles. The van der Waals surface area contributed by atoms with Crippen molar-refractivity contribution in [3.8, 4) is 0 Å². The van der Waals surface area contributed by atoms with Gasteiger partial charge in [-0.2, -0.15) is 0 Å². The second kappa shape index (κ2) is 8.49. The summed E-state index contributed by atoms with van der Waals surface area (Å²) in [4.78, 5) is 23.8. The van der Waals surface area contributed by atoms with Crippen LogP contribution in [0.4, 0.5) is 0 Å². The van der Waals surface area contributed by atoms with Gasteiger partial charge < -0.3 is 0 Å². The van der Waals surface area contributed by atoms with Crippen molar-refractivity contribution in [1.29, 1.82) is 0 Å². The van der Waals surface area contributed by atoms with Crippen molar-refractivity contribution in [2.75, 3.05) is 0 Å². The van der Waals surface area contributed by atoms with E-state index in [2.05, 4.69) is 21.7 Å². The van der Waals surface area contributed by atoms with Crippen molar-refractivity contribution in [2.24, 2.45) is 0 Å². The fourth-order valence-corrected chi connectivity index (χ4v) is 2.14. The van der Waals surface area contributed by atoms with Gasteiger partial charge in [-0.05, 0) is 48.6 Å². The van der Waals surface area contributed by atoms with E-state index in [1.165, 1.54) is 12.1 Å². The van der Waals surface area contributed by atoms with Gasteiger partial charge in [0.2, 0.25) is 5.11 Å². The molecule has 0 aromatic heterocycles. The summed E-state index contributed by atoms with van der Waals surface area (Å²) in [5.41, 5.74) is 10.4. The molecule has 0 bridgehead atoms. The lowest BCUT2D eigenvalue weighted by molar-refractivity contribution is 0.0943. The maximum Gasteiger partial charge on any atom is 0.269 e. The van der Waals surface area contributed by atoms with E-state index in [9.17, 15) is 9.59 Å². The number of thiocarbonyl (C=S) groups is 1. The van der Waals surface area contributed by atoms with E-state index in [0.717, 1.165) is 0 Å². The van der Waals surface area contributed by atoms with Gasteiger partial charge in [0.1, 0.15) is 0 Å². The lowest BCUT2D eigenvalue weighted by Gasteiger charge is -2.12. The summed E-state index contributed by atoms with van der Waals surface area (Å²) < 4.78 is 0. The predicted molar refractivity (Wildman–Crippen MR) is 96.7 cm³/mol. The van der Waals surface area contributed by atoms with Gasteiger partial charge in [-0.15, -0.1) is 0 Å². The third-order valence-electron chi connectivity index (χ3n) is 2.75. The molecule has 2 aromatic rings. The molecule has 24 heavy (non-hydrogen) atoms. The van der Waals surface area contributed by atoms with Gasteiger partial charge in [0, 0.05) is 21.2 Å². The molecule has 0 atom stereocenters. The molecule has 2 aromatic carbocycles. The number of carbonyl (C=O) groups is 2. The van der Waals surface area contributed by atoms with Crippen molar-refractivity contribution < 1.29 is 9.59 Å². The molecule has 0 saturated carbocycles. The van der Waals surface area contributed by atoms with Crippen molar-refractivity contribution in [3.05, 3.63) is 69.7 Å². The Kier molecular flexibility index (Phi) is 6.36. The van der Waals surface area contributed by atoms with E-state index >= 15 is 0 Å². The lowest BCUT2D eigenvalue weighted by Crippen LogP contribution is -2.52. The van der Waals surface area contributed by atoms with Crippen molar-refractivity contribution in [1.82, 2.24) is 21.7 Å². The van der Waals surface area contributed by atoms with Gasteiger partial charge in [-0.1, -0.05) is 35.3 Å². The van der Waals surface area contributed by atoms with Crippen LogP contribution in [0.15, 0.2) is 48.5 Å². The van der Waals surface area contributed by atoms with E-state index in [-0.39, 0.29) is 5.11 Å². The van der Waals surface area contributed by atoms with E-state index in [0.29, 0.717) is 21.2 Å². The smallest absolute Gasteiger partial charge is 0.269 e. The van der Waals surface area contributed by atoms with Gasteiger partial charge in [0.15, 0.2) is 0 Å². The Morgan fingerprint density at radius 1 is 0.750 bits per heavy atom. The predicted octanol–water partition coefficient (Wildman–Crippen LogP) is 2.45. The van der Waals surface area contributed by atoms with Crippen molar-refractivity contribution in [3.63, 3.8) is 0 Å². The molecule has 4 N–H and O–H groups in total. The number of rotatable bonds is 2. The van der Waals surface area contributed by atoms with Crippen LogP contribution in [-0.4, -0.2) is 16.9 Å². The summed E-state index contributed by atoms with van der Waals surface area (Å²) in [6.45, 7) is 0. The maximum atomic E-state index is 11.9. The summed E-state index contributed by atoms with van der Waals surface area (Å²) in [5, 5.41) is 0.884. The standard InChI is InChI=1S/C15H12Cl2N4O2S/c16-11-5-1-3-9(7-11)13(22)18-20-15(24)21-19-14(23)10-4-2-6-12(17)8-10/h1-8H,(H,18,22)(H,19,23)(H2,20,21,24). The molecule has 2 amide bonds. The Balaban J connectivity index is 1.79. The highest BCUT2D eigenvalue weighted by Gasteiger charge is 2.08. The first-order chi connectivity index (χ1) is 11.5. The van der Waals surface area contributed by atoms with Crippen LogP contribution in [0, 0.1) is 0 Å². The number of carbonyl (C=O) groups excluding carboxylic acids is 2. The Bertz CT molecular complexity index is 722. The van der Waals surface area contributed by atoms with Gasteiger partial charge in [0.25, 0.3) is 11.8 Å². The third kappa shape index (κ3) is 5.38. The first kappa shape index (κ1) is 18.0. The summed E-state index contributed by atoms with van der Waals surface area (Å²) in [6.07, 6.45) is 0. The van der Waals surface area contributed by atoms with E-state index in [1.807, 2.05) is 0 Å². The zero-order valence-electron chi connectivity index (χ0n) is 12.1. The van der Waals surface area contributed by atoms with Crippen LogP contribution in [0.25, 0.3) is 0 Å². The molecule has 0 aliphatic rings. The van der Waals surface area contributed by atoms with Gasteiger partial charge in [-0.25, -0.2) is 0 Å². The first-order valence-electron chi connectivity index (χ1n) is 6.63. The lowest BCUT2D eigenvalue weighted by atomic mass is 10.2. The number of hydrogen-bond acceptors (Lipinski definition) is 3. The van der Waals surface area contributed by atoms with Crippen LogP contribution in [0.5, 0.6) is 0 Å². The molecule has 0 spiro atoms. The molecule has 0 radical (unpaired) electrons. The molecule has 0 unspecified atom stereocenters. The minimum atomic E-state index is -0.428. The second-order valence-electron chi connectivity index (χ2n) is 4.51. The maximum absolute atomic E-state index is 11.9. The van der Waals surface area contributed by atoms with Crippen LogP contribution < -0.4 is 21.7 Å². The van der Waals surface area contributed by atoms with Crippen LogP contribution in [0.1, 0.15) is 20.7 Å². The number of benzene rings is 2. The van der Waals surface area contributed by atoms with Gasteiger partial charge in [-0.3, -0.25) is 31.3 Å². The Labute approximate surface area is 153 Å². The fourth-order valence-electron chi connectivity index (χ4n) is 1.66. The minimum absolute atomic E-state index is 0.000700. The molecule has 2 rings (SSSR count). The SMILES string of the molecule is O=C(NNC(=S)NNC(=O)c1cccc(Cl)c1)c1cccc(Cl)c1. The summed E-state index contributed by atoms with van der Waals surface area (Å²) in [5.74, 6) is -0.856. The van der Waals surface area contributed by atoms with E-state index < -0.39 is 11.8 Å². The fraction of sp³-hybridized carbons (Fsp3) is 0. The van der Waals surface area contributed by atoms with Crippen LogP contribution >= 0.6 is 35.4 Å². The molecule has 0 aliphatic heterocycles. The molecular weight excluding hydrogens is 371 g/mol. The zero-order chi connectivity index (χ0) is 17.5. The molecule has 6 nitrogen and oxygen atoms in total. The topological polar surface area (TPSA) is 82.3 Å². The molecule has 0 fully saturated rings. The molecule has 124 valence electrons. The molecular formula is C15H12Cl2N4O2S. The highest BCUT2D eigenvalue weighted by molar-refractivity contribution is 7.80. The van der Waals surface area contributed by atoms with Gasteiger partial charge >= 0.3 is 0 Å². The minimum Gasteiger partial charge on any atom is -0.273 e. The molecule has 0 saturated heterocycles. The highest BCUT2D eigenvalue weighted by Crippen LogP contribution is 2.10. The second-order valence-corrected chi connectivity index (χ2v) is 5.79. The number of nitrogens with one attached hydrogen (secondary N) is 4. The number of hydrogen-bond donors (Lipinski definition) is 4. The van der Waals surface area contributed by atoms with Gasteiger partial charge in [0.05, 0.1) is 0 Å². The van der Waals surface area contributed by atoms with E-state index in [4.69, 9.17) is 35.4 Å². The van der Waals surface area contributed by atoms with Crippen LogP contribution in [-0.2, 0) is 0 Å². The van der Waals surface area contributed by atoms with Crippen molar-refractivity contribution >= 4 is 52.3 Å². The number of amides is 2. The first-order valence-corrected chi connectivity index (χ1v) is 7.80. The van der Waals surface area contributed by atoms with E-state index in [1.54, 1.807) is 36.4 Å². The zero-order valence-corrected chi connectivity index (χ0v) is 14.4. The Hall–Kier alpha value is -2.35. The summed E-state index contributed by atoms with van der Waals surface area (Å²) >= 11 is 16.6. The average molecular weight is 383 g/mol. The number of halogens is 2. The normalized spacial score (nSPS) is 9.75. The Morgan fingerprint density at radius 2 is 1.17 bits per heavy atom. The monoisotopic (exact) mass is 382 g/mol. The van der Waals surface area contributed by atoms with Crippen LogP contribution in [0.3, 0.4) is 0 Å². The Morgan fingerprint density at radius 3 is 1.54 bits per heavy atom. The van der Waals surface area contributed by atoms with Crippen molar-refractivity contribution in [2.45, 2.75) is 0 Å². The summed E-state index contributed by atoms with van der Waals surface area (Å²) in [6, 6.07) is 12.8. The highest BCUT2D eigenvalue weighted by atomic mass is 35.5. The quantitative estimate of drug-likeness (QED) is 0.473. The third-order valence-corrected chi connectivity index (χ3v) is 3.43. The molecule has 9 heteroatoms. The number of hydrazine groups is 2. The average Bonchev–Trinajstić information content (AvgIpc) is 2.57.